The molecule has 0 aromatic carbocycles. The third-order valence-electron chi connectivity index (χ3n) is 2.95. The van der Waals surface area contributed by atoms with Gasteiger partial charge in [-0.3, -0.25) is 0 Å². The fraction of sp³-hybridized carbons (Fsp3) is 1.00. The minimum atomic E-state index is -0.721. The molecular formula is C8H16O2. The highest BCUT2D eigenvalue weighted by atomic mass is 16.3. The molecule has 1 saturated carbocycles. The average Bonchev–Trinajstić information content (AvgIpc) is 2.40. The van der Waals surface area contributed by atoms with Crippen LogP contribution in [0.5, 0.6) is 0 Å². The van der Waals surface area contributed by atoms with Crippen molar-refractivity contribution in [1.82, 2.24) is 0 Å². The van der Waals surface area contributed by atoms with E-state index < -0.39 is 5.60 Å². The molecule has 2 heteroatoms. The molecule has 0 aromatic heterocycles. The second kappa shape index (κ2) is 1.95. The fourth-order valence-corrected chi connectivity index (χ4v) is 1.75. The molecule has 2 unspecified atom stereocenters. The van der Waals surface area contributed by atoms with Gasteiger partial charge in [0, 0.05) is 5.41 Å². The lowest BCUT2D eigenvalue weighted by Gasteiger charge is -2.28. The van der Waals surface area contributed by atoms with Crippen molar-refractivity contribution in [2.24, 2.45) is 11.3 Å². The van der Waals surface area contributed by atoms with Gasteiger partial charge >= 0.3 is 0 Å². The van der Waals surface area contributed by atoms with Gasteiger partial charge in [-0.15, -0.1) is 0 Å². The molecule has 2 N–H and O–H groups in total. The summed E-state index contributed by atoms with van der Waals surface area (Å²) in [5.74, 6) is 0.470. The van der Waals surface area contributed by atoms with Crippen LogP contribution in [0.3, 0.4) is 0 Å². The van der Waals surface area contributed by atoms with Crippen LogP contribution in [0, 0.1) is 11.3 Å². The summed E-state index contributed by atoms with van der Waals surface area (Å²) < 4.78 is 0. The smallest absolute Gasteiger partial charge is 0.0672 e. The van der Waals surface area contributed by atoms with Crippen molar-refractivity contribution in [1.29, 1.82) is 0 Å². The minimum Gasteiger partial charge on any atom is -0.396 e. The van der Waals surface area contributed by atoms with E-state index in [-0.39, 0.29) is 12.0 Å². The molecule has 1 aliphatic carbocycles. The van der Waals surface area contributed by atoms with Gasteiger partial charge in [0.05, 0.1) is 12.2 Å². The van der Waals surface area contributed by atoms with E-state index in [2.05, 4.69) is 6.92 Å². The van der Waals surface area contributed by atoms with Crippen LogP contribution in [0.25, 0.3) is 0 Å². The summed E-state index contributed by atoms with van der Waals surface area (Å²) >= 11 is 0. The molecule has 10 heavy (non-hydrogen) atoms. The Morgan fingerprint density at radius 1 is 1.60 bits per heavy atom. The SMILES string of the molecule is CC1CC1(CO)C(C)(C)O. The fourth-order valence-electron chi connectivity index (χ4n) is 1.75. The summed E-state index contributed by atoms with van der Waals surface area (Å²) in [6.07, 6.45) is 0.951. The van der Waals surface area contributed by atoms with Gasteiger partial charge in [0.1, 0.15) is 0 Å². The molecule has 60 valence electrons. The number of rotatable bonds is 2. The Balaban J connectivity index is 2.69. The quantitative estimate of drug-likeness (QED) is 0.601. The van der Waals surface area contributed by atoms with Gasteiger partial charge < -0.3 is 10.2 Å². The van der Waals surface area contributed by atoms with Gasteiger partial charge in [0.2, 0.25) is 0 Å². The van der Waals surface area contributed by atoms with Gasteiger partial charge in [0.25, 0.3) is 0 Å². The normalized spacial score (nSPS) is 39.9. The van der Waals surface area contributed by atoms with E-state index in [1.54, 1.807) is 13.8 Å². The molecule has 0 bridgehead atoms. The van der Waals surface area contributed by atoms with E-state index in [9.17, 15) is 5.11 Å². The zero-order valence-corrected chi connectivity index (χ0v) is 6.89. The van der Waals surface area contributed by atoms with E-state index in [1.807, 2.05) is 0 Å². The maximum absolute atomic E-state index is 9.62. The highest BCUT2D eigenvalue weighted by Crippen LogP contribution is 2.58. The average molecular weight is 144 g/mol. The molecule has 0 amide bonds. The molecule has 0 saturated heterocycles. The summed E-state index contributed by atoms with van der Waals surface area (Å²) in [5, 5.41) is 18.6. The maximum atomic E-state index is 9.62. The molecule has 0 aliphatic heterocycles. The van der Waals surface area contributed by atoms with Gasteiger partial charge in [-0.25, -0.2) is 0 Å². The largest absolute Gasteiger partial charge is 0.396 e. The minimum absolute atomic E-state index is 0.109. The molecule has 1 rings (SSSR count). The van der Waals surface area contributed by atoms with Crippen molar-refractivity contribution < 1.29 is 10.2 Å². The van der Waals surface area contributed by atoms with Crippen LogP contribution in [0.1, 0.15) is 27.2 Å². The lowest BCUT2D eigenvalue weighted by Crippen LogP contribution is -2.36. The van der Waals surface area contributed by atoms with Crippen LogP contribution >= 0.6 is 0 Å². The van der Waals surface area contributed by atoms with Crippen LogP contribution in [0.15, 0.2) is 0 Å². The third-order valence-corrected chi connectivity index (χ3v) is 2.95. The standard InChI is InChI=1S/C8H16O2/c1-6-4-8(6,5-9)7(2,3)10/h6,9-10H,4-5H2,1-3H3. The van der Waals surface area contributed by atoms with Gasteiger partial charge in [-0.2, -0.15) is 0 Å². The summed E-state index contributed by atoms with van der Waals surface area (Å²) in [7, 11) is 0. The zero-order chi connectivity index (χ0) is 7.99. The first-order valence-corrected chi connectivity index (χ1v) is 3.77. The highest BCUT2D eigenvalue weighted by Gasteiger charge is 2.59. The molecule has 2 nitrogen and oxygen atoms in total. The second-order valence-corrected chi connectivity index (χ2v) is 3.98. The van der Waals surface area contributed by atoms with Crippen molar-refractivity contribution in [2.75, 3.05) is 6.61 Å². The van der Waals surface area contributed by atoms with E-state index in [0.29, 0.717) is 5.92 Å². The Morgan fingerprint density at radius 2 is 2.00 bits per heavy atom. The van der Waals surface area contributed by atoms with Gasteiger partial charge in [-0.1, -0.05) is 6.92 Å². The Hall–Kier alpha value is -0.0800. The summed E-state index contributed by atoms with van der Waals surface area (Å²) in [5.41, 5.74) is -0.922. The maximum Gasteiger partial charge on any atom is 0.0672 e. The highest BCUT2D eigenvalue weighted by molar-refractivity contribution is 5.08. The van der Waals surface area contributed by atoms with Gasteiger partial charge in [-0.05, 0) is 26.2 Å². The van der Waals surface area contributed by atoms with Crippen molar-refractivity contribution in [3.8, 4) is 0 Å². The van der Waals surface area contributed by atoms with Crippen molar-refractivity contribution in [3.63, 3.8) is 0 Å². The van der Waals surface area contributed by atoms with Crippen molar-refractivity contribution in [3.05, 3.63) is 0 Å². The lowest BCUT2D eigenvalue weighted by molar-refractivity contribution is -0.0319. The molecule has 0 spiro atoms. The van der Waals surface area contributed by atoms with E-state index in [4.69, 9.17) is 5.11 Å². The Bertz CT molecular complexity index is 133. The van der Waals surface area contributed by atoms with E-state index in [1.165, 1.54) is 0 Å². The Morgan fingerprint density at radius 3 is 2.00 bits per heavy atom. The van der Waals surface area contributed by atoms with Crippen molar-refractivity contribution >= 4 is 0 Å². The van der Waals surface area contributed by atoms with Crippen LogP contribution < -0.4 is 0 Å². The predicted octanol–water partition coefficient (Wildman–Crippen LogP) is 0.776. The van der Waals surface area contributed by atoms with Crippen LogP contribution in [-0.4, -0.2) is 22.4 Å². The monoisotopic (exact) mass is 144 g/mol. The Labute approximate surface area is 61.9 Å². The van der Waals surface area contributed by atoms with Gasteiger partial charge in [0.15, 0.2) is 0 Å². The zero-order valence-electron chi connectivity index (χ0n) is 6.89. The topological polar surface area (TPSA) is 40.5 Å². The summed E-state index contributed by atoms with van der Waals surface area (Å²) in [6, 6.07) is 0. The molecular weight excluding hydrogens is 128 g/mol. The van der Waals surface area contributed by atoms with Crippen molar-refractivity contribution in [2.45, 2.75) is 32.8 Å². The first-order chi connectivity index (χ1) is 4.44. The first-order valence-electron chi connectivity index (χ1n) is 3.77. The second-order valence-electron chi connectivity index (χ2n) is 3.98. The van der Waals surface area contributed by atoms with Crippen LogP contribution in [0.4, 0.5) is 0 Å². The molecule has 2 atom stereocenters. The molecule has 0 heterocycles. The van der Waals surface area contributed by atoms with Crippen LogP contribution in [-0.2, 0) is 0 Å². The lowest BCUT2D eigenvalue weighted by atomic mass is 9.86. The number of hydrogen-bond acceptors (Lipinski definition) is 2. The predicted molar refractivity (Wildman–Crippen MR) is 39.6 cm³/mol. The van der Waals surface area contributed by atoms with Crippen LogP contribution in [0.2, 0.25) is 0 Å². The van der Waals surface area contributed by atoms with E-state index >= 15 is 0 Å². The summed E-state index contributed by atoms with van der Waals surface area (Å²) in [4.78, 5) is 0. The molecule has 1 fully saturated rings. The summed E-state index contributed by atoms with van der Waals surface area (Å²) in [6.45, 7) is 5.71. The Kier molecular flexibility index (Phi) is 1.57. The first kappa shape index (κ1) is 8.02. The third kappa shape index (κ3) is 0.867. The molecule has 0 aromatic rings. The number of aliphatic hydroxyl groups is 2. The molecule has 1 aliphatic rings. The van der Waals surface area contributed by atoms with E-state index in [0.717, 1.165) is 6.42 Å². The number of hydrogen-bond donors (Lipinski definition) is 2. The number of aliphatic hydroxyl groups excluding tert-OH is 1. The molecule has 0 radical (unpaired) electrons.